The van der Waals surface area contributed by atoms with Crippen molar-refractivity contribution < 1.29 is 14.6 Å². The first-order chi connectivity index (χ1) is 6.49. The highest BCUT2D eigenvalue weighted by Crippen LogP contribution is 2.34. The largest absolute Gasteiger partial charge is 0.496 e. The van der Waals surface area contributed by atoms with Crippen molar-refractivity contribution in [3.63, 3.8) is 0 Å². The van der Waals surface area contributed by atoms with Crippen molar-refractivity contribution in [1.29, 1.82) is 0 Å². The van der Waals surface area contributed by atoms with Crippen LogP contribution in [0.4, 0.5) is 5.69 Å². The van der Waals surface area contributed by atoms with Gasteiger partial charge in [0.15, 0.2) is 0 Å². The number of carbonyl (C=O) groups is 1. The fourth-order valence-electron chi connectivity index (χ4n) is 1.11. The lowest BCUT2D eigenvalue weighted by atomic mass is 10.1. The number of anilines is 1. The second-order valence-corrected chi connectivity index (χ2v) is 3.58. The van der Waals surface area contributed by atoms with Gasteiger partial charge in [0.05, 0.1) is 22.8 Å². The van der Waals surface area contributed by atoms with Gasteiger partial charge in [0.1, 0.15) is 5.75 Å². The quantitative estimate of drug-likeness (QED) is 0.798. The summed E-state index contributed by atoms with van der Waals surface area (Å²) in [5.74, 6) is -0.565. The van der Waals surface area contributed by atoms with Crippen LogP contribution in [-0.2, 0) is 0 Å². The third-order valence-corrected chi connectivity index (χ3v) is 2.83. The van der Waals surface area contributed by atoms with Crippen LogP contribution in [0.1, 0.15) is 15.9 Å². The number of aromatic carboxylic acids is 1. The van der Waals surface area contributed by atoms with E-state index in [9.17, 15) is 4.79 Å². The molecule has 0 amide bonds. The third-order valence-electron chi connectivity index (χ3n) is 1.97. The van der Waals surface area contributed by atoms with Crippen LogP contribution in [0, 0.1) is 6.92 Å². The Balaban J connectivity index is 3.48. The van der Waals surface area contributed by atoms with Gasteiger partial charge in [0, 0.05) is 5.56 Å². The van der Waals surface area contributed by atoms with E-state index in [-0.39, 0.29) is 5.56 Å². The van der Waals surface area contributed by atoms with Gasteiger partial charge in [-0.15, -0.1) is 0 Å². The van der Waals surface area contributed by atoms with E-state index in [1.54, 1.807) is 6.92 Å². The zero-order valence-electron chi connectivity index (χ0n) is 7.80. The van der Waals surface area contributed by atoms with E-state index in [1.165, 1.54) is 13.2 Å². The monoisotopic (exact) mass is 259 g/mol. The van der Waals surface area contributed by atoms with Crippen LogP contribution >= 0.6 is 15.9 Å². The van der Waals surface area contributed by atoms with Crippen molar-refractivity contribution in [2.24, 2.45) is 0 Å². The van der Waals surface area contributed by atoms with Crippen LogP contribution in [0.25, 0.3) is 0 Å². The van der Waals surface area contributed by atoms with E-state index in [1.807, 2.05) is 0 Å². The Hall–Kier alpha value is -1.23. The average molecular weight is 260 g/mol. The Morgan fingerprint density at radius 2 is 2.21 bits per heavy atom. The first-order valence-electron chi connectivity index (χ1n) is 3.85. The second-order valence-electron chi connectivity index (χ2n) is 2.78. The van der Waals surface area contributed by atoms with E-state index in [4.69, 9.17) is 15.6 Å². The molecular weight excluding hydrogens is 250 g/mol. The molecule has 0 bridgehead atoms. The summed E-state index contributed by atoms with van der Waals surface area (Å²) in [4.78, 5) is 10.8. The molecule has 0 radical (unpaired) electrons. The minimum atomic E-state index is -1.04. The summed E-state index contributed by atoms with van der Waals surface area (Å²) >= 11 is 3.13. The van der Waals surface area contributed by atoms with Crippen LogP contribution in [0.3, 0.4) is 0 Å². The summed E-state index contributed by atoms with van der Waals surface area (Å²) in [5, 5.41) is 8.86. The number of nitrogens with two attached hydrogens (primary N) is 1. The molecule has 0 aliphatic rings. The van der Waals surface area contributed by atoms with Gasteiger partial charge in [-0.25, -0.2) is 4.79 Å². The fourth-order valence-corrected chi connectivity index (χ4v) is 1.69. The summed E-state index contributed by atoms with van der Waals surface area (Å²) in [6.07, 6.45) is 0. The molecule has 0 spiro atoms. The van der Waals surface area contributed by atoms with E-state index >= 15 is 0 Å². The normalized spacial score (nSPS) is 9.93. The third kappa shape index (κ3) is 1.68. The number of methoxy groups -OCH3 is 1. The van der Waals surface area contributed by atoms with E-state index in [2.05, 4.69) is 15.9 Å². The average Bonchev–Trinajstić information content (AvgIpc) is 2.14. The molecule has 1 aromatic carbocycles. The lowest BCUT2D eigenvalue weighted by Crippen LogP contribution is -2.04. The van der Waals surface area contributed by atoms with Crippen molar-refractivity contribution in [3.8, 4) is 5.75 Å². The molecule has 0 aliphatic carbocycles. The highest BCUT2D eigenvalue weighted by molar-refractivity contribution is 9.10. The van der Waals surface area contributed by atoms with Crippen LogP contribution < -0.4 is 10.5 Å². The first-order valence-corrected chi connectivity index (χ1v) is 4.64. The smallest absolute Gasteiger partial charge is 0.337 e. The minimum Gasteiger partial charge on any atom is -0.496 e. The molecule has 0 unspecified atom stereocenters. The maximum absolute atomic E-state index is 10.8. The molecule has 1 rings (SSSR count). The zero-order valence-corrected chi connectivity index (χ0v) is 9.38. The predicted molar refractivity (Wildman–Crippen MR) is 56.8 cm³/mol. The Kier molecular flexibility index (Phi) is 3.00. The van der Waals surface area contributed by atoms with Gasteiger partial charge >= 0.3 is 5.97 Å². The molecule has 0 atom stereocenters. The number of carboxylic acids is 1. The lowest BCUT2D eigenvalue weighted by Gasteiger charge is -2.11. The van der Waals surface area contributed by atoms with Crippen molar-refractivity contribution in [2.75, 3.05) is 12.8 Å². The van der Waals surface area contributed by atoms with Gasteiger partial charge in [0.25, 0.3) is 0 Å². The molecule has 4 nitrogen and oxygen atoms in total. The van der Waals surface area contributed by atoms with Gasteiger partial charge in [-0.05, 0) is 28.9 Å². The van der Waals surface area contributed by atoms with E-state index in [0.29, 0.717) is 15.9 Å². The Bertz CT molecular complexity index is 390. The predicted octanol–water partition coefficient (Wildman–Crippen LogP) is 2.05. The Morgan fingerprint density at radius 1 is 1.64 bits per heavy atom. The molecule has 1 aromatic rings. The van der Waals surface area contributed by atoms with E-state index < -0.39 is 5.97 Å². The molecule has 0 saturated carbocycles. The van der Waals surface area contributed by atoms with Crippen LogP contribution in [0.15, 0.2) is 10.5 Å². The number of hydrogen-bond donors (Lipinski definition) is 2. The van der Waals surface area contributed by atoms with Crippen LogP contribution in [0.5, 0.6) is 5.75 Å². The Morgan fingerprint density at radius 3 is 2.64 bits per heavy atom. The van der Waals surface area contributed by atoms with Crippen LogP contribution in [0.2, 0.25) is 0 Å². The van der Waals surface area contributed by atoms with Crippen molar-refractivity contribution >= 4 is 27.6 Å². The van der Waals surface area contributed by atoms with Gasteiger partial charge in [-0.2, -0.15) is 0 Å². The number of nitrogen functional groups attached to an aromatic ring is 1. The second kappa shape index (κ2) is 3.88. The van der Waals surface area contributed by atoms with Crippen molar-refractivity contribution in [1.82, 2.24) is 0 Å². The zero-order chi connectivity index (χ0) is 10.9. The molecule has 0 fully saturated rings. The fraction of sp³-hybridized carbons (Fsp3) is 0.222. The highest BCUT2D eigenvalue weighted by atomic mass is 79.9. The van der Waals surface area contributed by atoms with Crippen LogP contribution in [-0.4, -0.2) is 18.2 Å². The summed E-state index contributed by atoms with van der Waals surface area (Å²) in [5.41, 5.74) is 6.93. The lowest BCUT2D eigenvalue weighted by molar-refractivity contribution is 0.0695. The van der Waals surface area contributed by atoms with Gasteiger partial charge < -0.3 is 15.6 Å². The molecule has 14 heavy (non-hydrogen) atoms. The highest BCUT2D eigenvalue weighted by Gasteiger charge is 2.16. The minimum absolute atomic E-state index is 0.102. The van der Waals surface area contributed by atoms with Gasteiger partial charge in [-0.3, -0.25) is 0 Å². The summed E-state index contributed by atoms with van der Waals surface area (Å²) in [6.45, 7) is 1.77. The topological polar surface area (TPSA) is 72.5 Å². The molecule has 0 aromatic heterocycles. The van der Waals surface area contributed by atoms with Gasteiger partial charge in [0.2, 0.25) is 0 Å². The maximum atomic E-state index is 10.8. The summed E-state index contributed by atoms with van der Waals surface area (Å²) in [6, 6.07) is 1.44. The number of carboxylic acid groups (broad SMARTS) is 1. The van der Waals surface area contributed by atoms with E-state index in [0.717, 1.165) is 5.56 Å². The standard InChI is InChI=1S/C9H10BrNO3/c1-4-6(14-2)3-5(9(12)13)7(10)8(4)11/h3H,11H2,1-2H3,(H,12,13). The molecule has 3 N–H and O–H groups in total. The molecule has 76 valence electrons. The first kappa shape index (κ1) is 10.8. The number of ether oxygens (including phenoxy) is 1. The number of rotatable bonds is 2. The molecule has 0 saturated heterocycles. The Labute approximate surface area is 89.8 Å². The summed E-state index contributed by atoms with van der Waals surface area (Å²) in [7, 11) is 1.47. The van der Waals surface area contributed by atoms with Gasteiger partial charge in [-0.1, -0.05) is 0 Å². The maximum Gasteiger partial charge on any atom is 0.337 e. The molecule has 5 heteroatoms. The molecule has 0 heterocycles. The molecule has 0 aliphatic heterocycles. The number of benzene rings is 1. The SMILES string of the molecule is COc1cc(C(=O)O)c(Br)c(N)c1C. The van der Waals surface area contributed by atoms with Crippen molar-refractivity contribution in [3.05, 3.63) is 21.7 Å². The van der Waals surface area contributed by atoms with Crippen molar-refractivity contribution in [2.45, 2.75) is 6.92 Å². The number of hydrogen-bond acceptors (Lipinski definition) is 3. The summed E-state index contributed by atoms with van der Waals surface area (Å²) < 4.78 is 5.40. The molecular formula is C9H10BrNO3. The number of halogens is 1.